The van der Waals surface area contributed by atoms with Crippen LogP contribution in [0.25, 0.3) is 0 Å². The number of hydrogen-bond donors (Lipinski definition) is 0. The molecule has 9 aromatic rings. The van der Waals surface area contributed by atoms with Crippen molar-refractivity contribution in [1.82, 2.24) is 0 Å². The maximum atomic E-state index is 13.5. The molecule has 4 unspecified atom stereocenters. The standard InChI is InChI=1S/C62H42N4O8/c67-59-51-23-11-7-19-47(51)55(71-59)63(39-15-3-1-4-16-39)41-27-31-43(32-28-41)65(57-49-21-9-13-25-53(49)61(69)73-57)45-35-37-46(38-36-45)66(58-50-22-10-14-26-54(50)62(70)74-58)44-33-29-42(30-34-44)64(40-17-5-2-6-18-40)56-48-20-8-12-24-52(48)60(68)72-56/h1-38,55-58H. The average Bonchev–Trinajstić information content (AvgIpc) is 4.18. The number of carbonyl (C=O) groups is 4. The molecule has 4 aliphatic rings. The molecule has 0 spiro atoms. The van der Waals surface area contributed by atoms with Crippen molar-refractivity contribution in [2.24, 2.45) is 0 Å². The van der Waals surface area contributed by atoms with Crippen molar-refractivity contribution in [3.8, 4) is 0 Å². The van der Waals surface area contributed by atoms with Gasteiger partial charge in [0.1, 0.15) is 0 Å². The number of esters is 4. The minimum atomic E-state index is -0.826. The van der Waals surface area contributed by atoms with E-state index in [9.17, 15) is 19.2 Å². The molecule has 74 heavy (non-hydrogen) atoms. The highest BCUT2D eigenvalue weighted by molar-refractivity contribution is 5.97. The lowest BCUT2D eigenvalue weighted by atomic mass is 10.1. The number of anilines is 8. The Labute approximate surface area is 425 Å². The van der Waals surface area contributed by atoms with E-state index in [2.05, 4.69) is 0 Å². The Bertz CT molecular complexity index is 3410. The molecule has 13 rings (SSSR count). The van der Waals surface area contributed by atoms with Gasteiger partial charge in [-0.05, 0) is 121 Å². The molecule has 358 valence electrons. The first-order valence-electron chi connectivity index (χ1n) is 24.1. The molecule has 4 heterocycles. The fourth-order valence-electron chi connectivity index (χ4n) is 10.5. The quantitative estimate of drug-likeness (QED) is 0.0856. The van der Waals surface area contributed by atoms with Crippen LogP contribution in [0.1, 0.15) is 88.6 Å². The fraction of sp³-hybridized carbons (Fsp3) is 0.0645. The van der Waals surface area contributed by atoms with E-state index in [1.54, 1.807) is 24.3 Å². The molecule has 0 N–H and O–H groups in total. The highest BCUT2D eigenvalue weighted by Crippen LogP contribution is 2.48. The molecular weight excluding hydrogens is 929 g/mol. The monoisotopic (exact) mass is 970 g/mol. The highest BCUT2D eigenvalue weighted by Gasteiger charge is 2.41. The Kier molecular flexibility index (Phi) is 10.7. The van der Waals surface area contributed by atoms with Gasteiger partial charge in [0.25, 0.3) is 0 Å². The maximum absolute atomic E-state index is 13.5. The maximum Gasteiger partial charge on any atom is 0.340 e. The van der Waals surface area contributed by atoms with Crippen molar-refractivity contribution < 1.29 is 38.1 Å². The van der Waals surface area contributed by atoms with Crippen molar-refractivity contribution >= 4 is 69.4 Å². The lowest BCUT2D eigenvalue weighted by Crippen LogP contribution is -2.26. The summed E-state index contributed by atoms with van der Waals surface area (Å²) in [5.41, 5.74) is 11.0. The van der Waals surface area contributed by atoms with Crippen LogP contribution in [0.4, 0.5) is 45.5 Å². The summed E-state index contributed by atoms with van der Waals surface area (Å²) in [4.78, 5) is 61.3. The van der Waals surface area contributed by atoms with E-state index in [-0.39, 0.29) is 11.9 Å². The molecule has 0 radical (unpaired) electrons. The predicted octanol–water partition coefficient (Wildman–Crippen LogP) is 13.7. The van der Waals surface area contributed by atoms with Crippen LogP contribution in [0.3, 0.4) is 0 Å². The van der Waals surface area contributed by atoms with E-state index < -0.39 is 36.9 Å². The smallest absolute Gasteiger partial charge is 0.340 e. The molecule has 0 aromatic heterocycles. The van der Waals surface area contributed by atoms with Crippen molar-refractivity contribution in [1.29, 1.82) is 0 Å². The van der Waals surface area contributed by atoms with Gasteiger partial charge in [-0.3, -0.25) is 0 Å². The minimum absolute atomic E-state index is 0.389. The molecule has 0 amide bonds. The van der Waals surface area contributed by atoms with Gasteiger partial charge in [0.05, 0.1) is 22.3 Å². The molecule has 4 atom stereocenters. The molecular formula is C62H42N4O8. The number of rotatable bonds is 12. The molecule has 12 heteroatoms. The number of benzene rings is 9. The summed E-state index contributed by atoms with van der Waals surface area (Å²) in [5.74, 6) is -1.64. The summed E-state index contributed by atoms with van der Waals surface area (Å²) < 4.78 is 24.5. The zero-order valence-corrected chi connectivity index (χ0v) is 39.3. The molecule has 4 aliphatic heterocycles. The van der Waals surface area contributed by atoms with E-state index in [4.69, 9.17) is 18.9 Å². The van der Waals surface area contributed by atoms with Crippen molar-refractivity contribution in [3.05, 3.63) is 275 Å². The first-order chi connectivity index (χ1) is 36.4. The summed E-state index contributed by atoms with van der Waals surface area (Å²) >= 11 is 0. The zero-order chi connectivity index (χ0) is 49.9. The second kappa shape index (κ2) is 18.0. The van der Waals surface area contributed by atoms with Crippen LogP contribution in [0.2, 0.25) is 0 Å². The number of cyclic esters (lactones) is 4. The molecule has 12 nitrogen and oxygen atoms in total. The van der Waals surface area contributed by atoms with Crippen LogP contribution in [0, 0.1) is 0 Å². The van der Waals surface area contributed by atoms with Crippen LogP contribution in [0.5, 0.6) is 0 Å². The molecule has 9 aromatic carbocycles. The Morgan fingerprint density at radius 1 is 0.216 bits per heavy atom. The molecule has 0 saturated heterocycles. The first-order valence-corrected chi connectivity index (χ1v) is 24.1. The summed E-state index contributed by atoms with van der Waals surface area (Å²) in [6.07, 6.45) is -3.08. The van der Waals surface area contributed by atoms with Gasteiger partial charge in [0.15, 0.2) is 0 Å². The van der Waals surface area contributed by atoms with Gasteiger partial charge in [-0.1, -0.05) is 109 Å². The zero-order valence-electron chi connectivity index (χ0n) is 39.3. The van der Waals surface area contributed by atoms with Crippen LogP contribution in [0.15, 0.2) is 231 Å². The minimum Gasteiger partial charge on any atom is -0.433 e. The second-order valence-corrected chi connectivity index (χ2v) is 18.1. The number of fused-ring (bicyclic) bond motifs is 4. The van der Waals surface area contributed by atoms with Crippen molar-refractivity contribution in [3.63, 3.8) is 0 Å². The number of ether oxygens (including phenoxy) is 4. The average molecular weight is 971 g/mol. The third kappa shape index (κ3) is 7.46. The second-order valence-electron chi connectivity index (χ2n) is 18.1. The van der Waals surface area contributed by atoms with E-state index in [0.29, 0.717) is 44.8 Å². The Balaban J connectivity index is 0.889. The molecule has 0 fully saturated rings. The Hall–Kier alpha value is -9.94. The third-order valence-corrected chi connectivity index (χ3v) is 13.9. The van der Waals surface area contributed by atoms with Gasteiger partial charge in [-0.2, -0.15) is 0 Å². The summed E-state index contributed by atoms with van der Waals surface area (Å²) in [6, 6.07) is 72.6. The van der Waals surface area contributed by atoms with Gasteiger partial charge in [-0.15, -0.1) is 0 Å². The lowest BCUT2D eigenvalue weighted by molar-refractivity contribution is 0.0388. The topological polar surface area (TPSA) is 118 Å². The van der Waals surface area contributed by atoms with Crippen LogP contribution >= 0.6 is 0 Å². The normalized spacial score (nSPS) is 17.7. The van der Waals surface area contributed by atoms with E-state index in [1.165, 1.54) is 0 Å². The SMILES string of the molecule is O=C1OC(N(c2ccccc2)c2ccc(N(c3ccc(N(c4ccc(N(c5ccccc5)C5OC(=O)c6ccccc65)cc4)C4OC(=O)c5ccccc54)cc3)C3OC(=O)c4ccccc43)cc2)c2ccccc21. The van der Waals surface area contributed by atoms with Gasteiger partial charge in [0, 0.05) is 67.8 Å². The molecule has 0 saturated carbocycles. The largest absolute Gasteiger partial charge is 0.433 e. The molecule has 0 aliphatic carbocycles. The van der Waals surface area contributed by atoms with E-state index >= 15 is 0 Å². The van der Waals surface area contributed by atoms with Gasteiger partial charge in [0.2, 0.25) is 24.9 Å². The summed E-state index contributed by atoms with van der Waals surface area (Å²) in [6.45, 7) is 0. The van der Waals surface area contributed by atoms with Crippen molar-refractivity contribution in [2.75, 3.05) is 19.6 Å². The highest BCUT2D eigenvalue weighted by atomic mass is 16.6. The number of carbonyl (C=O) groups excluding carboxylic acids is 4. The first kappa shape index (κ1) is 44.0. The predicted molar refractivity (Wildman–Crippen MR) is 279 cm³/mol. The number of nitrogens with zero attached hydrogens (tertiary/aromatic N) is 4. The number of para-hydroxylation sites is 2. The van der Waals surface area contributed by atoms with Crippen LogP contribution < -0.4 is 19.6 Å². The lowest BCUT2D eigenvalue weighted by Gasteiger charge is -2.34. The van der Waals surface area contributed by atoms with E-state index in [1.807, 2.05) is 226 Å². The fourth-order valence-corrected chi connectivity index (χ4v) is 10.5. The number of hydrogen-bond acceptors (Lipinski definition) is 12. The Morgan fingerprint density at radius 2 is 0.392 bits per heavy atom. The van der Waals surface area contributed by atoms with Crippen LogP contribution in [-0.2, 0) is 18.9 Å². The summed E-state index contributed by atoms with van der Waals surface area (Å²) in [5, 5.41) is 0. The van der Waals surface area contributed by atoms with Gasteiger partial charge in [-0.25, -0.2) is 19.2 Å². The molecule has 0 bridgehead atoms. The van der Waals surface area contributed by atoms with Crippen molar-refractivity contribution in [2.45, 2.75) is 24.9 Å². The summed E-state index contributed by atoms with van der Waals surface area (Å²) in [7, 11) is 0. The van der Waals surface area contributed by atoms with Gasteiger partial charge < -0.3 is 38.5 Å². The van der Waals surface area contributed by atoms with E-state index in [0.717, 1.165) is 45.3 Å². The van der Waals surface area contributed by atoms with Crippen LogP contribution in [-0.4, -0.2) is 23.9 Å². The van der Waals surface area contributed by atoms with Gasteiger partial charge >= 0.3 is 23.9 Å². The Morgan fingerprint density at radius 3 is 0.608 bits per heavy atom. The third-order valence-electron chi connectivity index (χ3n) is 13.9.